The number of nitrogens with zero attached hydrogens (tertiary/aromatic N) is 3. The number of sulfonamides is 1. The third kappa shape index (κ3) is 4.95. The van der Waals surface area contributed by atoms with Gasteiger partial charge in [0, 0.05) is 50.6 Å². The van der Waals surface area contributed by atoms with Crippen LogP contribution in [0.4, 0.5) is 15.8 Å². The summed E-state index contributed by atoms with van der Waals surface area (Å²) < 4.78 is 40.7. The number of amides is 1. The lowest BCUT2D eigenvalue weighted by Gasteiger charge is -2.33. The average molecular weight is 461 g/mol. The molecule has 1 amide bonds. The molecule has 0 spiro atoms. The first-order valence-electron chi connectivity index (χ1n) is 11.0. The molecule has 0 saturated carbocycles. The van der Waals surface area contributed by atoms with Crippen LogP contribution in [0, 0.1) is 12.7 Å². The van der Waals surface area contributed by atoms with Gasteiger partial charge in [-0.15, -0.1) is 0 Å². The SMILES string of the molecule is Cc1cc(N2CCCC2)ccc1NC(=O)CN1CCN(S(=O)(=O)c2ccccc2F)CC1. The zero-order valence-corrected chi connectivity index (χ0v) is 19.1. The van der Waals surface area contributed by atoms with Crippen molar-refractivity contribution in [3.8, 4) is 0 Å². The predicted octanol–water partition coefficient (Wildman–Crippen LogP) is 2.68. The molecule has 2 fully saturated rings. The van der Waals surface area contributed by atoms with E-state index in [1.165, 1.54) is 41.0 Å². The van der Waals surface area contributed by atoms with Gasteiger partial charge in [-0.05, 0) is 55.7 Å². The van der Waals surface area contributed by atoms with Crippen LogP contribution in [0.25, 0.3) is 0 Å². The number of aryl methyl sites for hydroxylation is 1. The van der Waals surface area contributed by atoms with Gasteiger partial charge in [0.25, 0.3) is 0 Å². The molecule has 1 N–H and O–H groups in total. The number of nitrogens with one attached hydrogen (secondary N) is 1. The highest BCUT2D eigenvalue weighted by atomic mass is 32.2. The standard InChI is InChI=1S/C23H29FN4O3S/c1-18-16-19(27-10-4-5-11-27)8-9-21(18)25-23(29)17-26-12-14-28(15-13-26)32(30,31)22-7-3-2-6-20(22)24/h2-3,6-9,16H,4-5,10-15,17H2,1H3,(H,25,29). The number of carbonyl (C=O) groups excluding carboxylic acids is 1. The van der Waals surface area contributed by atoms with Gasteiger partial charge in [-0.3, -0.25) is 9.69 Å². The molecule has 32 heavy (non-hydrogen) atoms. The van der Waals surface area contributed by atoms with Gasteiger partial charge in [-0.2, -0.15) is 4.31 Å². The van der Waals surface area contributed by atoms with Crippen molar-refractivity contribution in [2.45, 2.75) is 24.7 Å². The Morgan fingerprint density at radius 3 is 2.34 bits per heavy atom. The van der Waals surface area contributed by atoms with E-state index in [9.17, 15) is 17.6 Å². The van der Waals surface area contributed by atoms with Gasteiger partial charge in [0.1, 0.15) is 10.7 Å². The van der Waals surface area contributed by atoms with Gasteiger partial charge < -0.3 is 10.2 Å². The molecule has 0 atom stereocenters. The Bertz CT molecular complexity index is 1080. The molecule has 0 bridgehead atoms. The van der Waals surface area contributed by atoms with E-state index in [1.807, 2.05) is 24.0 Å². The van der Waals surface area contributed by atoms with Gasteiger partial charge in [0.05, 0.1) is 6.54 Å². The largest absolute Gasteiger partial charge is 0.372 e. The molecule has 2 heterocycles. The smallest absolute Gasteiger partial charge is 0.246 e. The minimum absolute atomic E-state index is 0.132. The van der Waals surface area contributed by atoms with Crippen LogP contribution in [0.15, 0.2) is 47.4 Å². The summed E-state index contributed by atoms with van der Waals surface area (Å²) in [5.74, 6) is -0.882. The molecule has 7 nitrogen and oxygen atoms in total. The Balaban J connectivity index is 1.31. The molecule has 2 aromatic rings. The summed E-state index contributed by atoms with van der Waals surface area (Å²) >= 11 is 0. The summed E-state index contributed by atoms with van der Waals surface area (Å²) in [7, 11) is -3.88. The topological polar surface area (TPSA) is 73.0 Å². The first-order valence-corrected chi connectivity index (χ1v) is 12.4. The van der Waals surface area contributed by atoms with E-state index in [0.717, 1.165) is 30.4 Å². The van der Waals surface area contributed by atoms with Gasteiger partial charge in [0.15, 0.2) is 0 Å². The predicted molar refractivity (Wildman–Crippen MR) is 123 cm³/mol. The maximum absolute atomic E-state index is 14.0. The maximum atomic E-state index is 14.0. The molecule has 4 rings (SSSR count). The van der Waals surface area contributed by atoms with Crippen molar-refractivity contribution in [1.29, 1.82) is 0 Å². The van der Waals surface area contributed by atoms with E-state index in [2.05, 4.69) is 16.3 Å². The van der Waals surface area contributed by atoms with Gasteiger partial charge in [-0.25, -0.2) is 12.8 Å². The quantitative estimate of drug-likeness (QED) is 0.718. The molecule has 0 aromatic heterocycles. The highest BCUT2D eigenvalue weighted by Crippen LogP contribution is 2.26. The Hall–Kier alpha value is -2.49. The summed E-state index contributed by atoms with van der Waals surface area (Å²) in [6.07, 6.45) is 2.43. The summed E-state index contributed by atoms with van der Waals surface area (Å²) in [4.78, 5) is 16.5. The zero-order chi connectivity index (χ0) is 22.7. The van der Waals surface area contributed by atoms with Gasteiger partial charge in [0.2, 0.25) is 15.9 Å². The van der Waals surface area contributed by atoms with E-state index in [1.54, 1.807) is 0 Å². The van der Waals surface area contributed by atoms with E-state index < -0.39 is 15.8 Å². The average Bonchev–Trinajstić information content (AvgIpc) is 3.31. The highest BCUT2D eigenvalue weighted by molar-refractivity contribution is 7.89. The number of carbonyl (C=O) groups is 1. The number of rotatable bonds is 6. The molecule has 0 unspecified atom stereocenters. The highest BCUT2D eigenvalue weighted by Gasteiger charge is 2.30. The molecule has 172 valence electrons. The Morgan fingerprint density at radius 2 is 1.69 bits per heavy atom. The Labute approximate surface area is 188 Å². The molecule has 0 radical (unpaired) electrons. The zero-order valence-electron chi connectivity index (χ0n) is 18.3. The molecule has 2 aliphatic rings. The molecule has 0 aliphatic carbocycles. The molecular formula is C23H29FN4O3S. The van der Waals surface area contributed by atoms with Crippen LogP contribution >= 0.6 is 0 Å². The number of benzene rings is 2. The van der Waals surface area contributed by atoms with Crippen LogP contribution in [0.3, 0.4) is 0 Å². The monoisotopic (exact) mass is 460 g/mol. The maximum Gasteiger partial charge on any atom is 0.246 e. The fourth-order valence-electron chi connectivity index (χ4n) is 4.27. The lowest BCUT2D eigenvalue weighted by atomic mass is 10.1. The van der Waals surface area contributed by atoms with Crippen molar-refractivity contribution in [3.05, 3.63) is 53.8 Å². The summed E-state index contributed by atoms with van der Waals surface area (Å²) in [6.45, 7) is 5.57. The Kier molecular flexibility index (Phi) is 6.78. The van der Waals surface area contributed by atoms with E-state index in [-0.39, 0.29) is 30.4 Å². The van der Waals surface area contributed by atoms with Crippen LogP contribution in [-0.4, -0.2) is 69.3 Å². The number of piperazine rings is 1. The van der Waals surface area contributed by atoms with Crippen LogP contribution in [-0.2, 0) is 14.8 Å². The van der Waals surface area contributed by atoms with E-state index >= 15 is 0 Å². The van der Waals surface area contributed by atoms with Gasteiger partial charge in [-0.1, -0.05) is 12.1 Å². The molecule has 2 saturated heterocycles. The fourth-order valence-corrected chi connectivity index (χ4v) is 5.76. The molecule has 9 heteroatoms. The second kappa shape index (κ2) is 9.56. The Morgan fingerprint density at radius 1 is 1.00 bits per heavy atom. The first-order chi connectivity index (χ1) is 15.3. The molecular weight excluding hydrogens is 431 g/mol. The third-order valence-electron chi connectivity index (χ3n) is 6.11. The van der Waals surface area contributed by atoms with Crippen LogP contribution in [0.2, 0.25) is 0 Å². The van der Waals surface area contributed by atoms with Crippen molar-refractivity contribution in [3.63, 3.8) is 0 Å². The minimum atomic E-state index is -3.88. The lowest BCUT2D eigenvalue weighted by Crippen LogP contribution is -2.50. The summed E-state index contributed by atoms with van der Waals surface area (Å²) in [5.41, 5.74) is 2.99. The van der Waals surface area contributed by atoms with Crippen LogP contribution in [0.5, 0.6) is 0 Å². The number of hydrogen-bond acceptors (Lipinski definition) is 5. The minimum Gasteiger partial charge on any atom is -0.372 e. The van der Waals surface area contributed by atoms with Crippen molar-refractivity contribution in [2.75, 3.05) is 56.0 Å². The van der Waals surface area contributed by atoms with E-state index in [4.69, 9.17) is 0 Å². The summed E-state index contributed by atoms with van der Waals surface area (Å²) in [5, 5.41) is 2.97. The number of anilines is 2. The molecule has 2 aliphatic heterocycles. The third-order valence-corrected chi connectivity index (χ3v) is 8.04. The number of halogens is 1. The fraction of sp³-hybridized carbons (Fsp3) is 0.435. The summed E-state index contributed by atoms with van der Waals surface area (Å²) in [6, 6.07) is 11.5. The van der Waals surface area contributed by atoms with Crippen molar-refractivity contribution in [2.24, 2.45) is 0 Å². The van der Waals surface area contributed by atoms with Gasteiger partial charge >= 0.3 is 0 Å². The number of hydrogen-bond donors (Lipinski definition) is 1. The second-order valence-corrected chi connectivity index (χ2v) is 10.3. The van der Waals surface area contributed by atoms with Crippen molar-refractivity contribution in [1.82, 2.24) is 9.21 Å². The second-order valence-electron chi connectivity index (χ2n) is 8.35. The van der Waals surface area contributed by atoms with E-state index in [0.29, 0.717) is 13.1 Å². The lowest BCUT2D eigenvalue weighted by molar-refractivity contribution is -0.117. The van der Waals surface area contributed by atoms with Crippen LogP contribution < -0.4 is 10.2 Å². The normalized spacial score (nSPS) is 18.1. The first kappa shape index (κ1) is 22.7. The molecule has 2 aromatic carbocycles. The van der Waals surface area contributed by atoms with Crippen molar-refractivity contribution >= 4 is 27.3 Å². The van der Waals surface area contributed by atoms with Crippen LogP contribution in [0.1, 0.15) is 18.4 Å². The van der Waals surface area contributed by atoms with Crippen molar-refractivity contribution < 1.29 is 17.6 Å².